The smallest absolute Gasteiger partial charge is 0.407 e. The Labute approximate surface area is 201 Å². The summed E-state index contributed by atoms with van der Waals surface area (Å²) in [5.41, 5.74) is 3.08. The molecule has 0 spiro atoms. The maximum atomic E-state index is 15.3. The van der Waals surface area contributed by atoms with Crippen molar-refractivity contribution < 1.29 is 18.7 Å². The van der Waals surface area contributed by atoms with Gasteiger partial charge in [0.05, 0.1) is 12.6 Å². The highest BCUT2D eigenvalue weighted by Crippen LogP contribution is 2.47. The Morgan fingerprint density at radius 1 is 1.18 bits per heavy atom. The van der Waals surface area contributed by atoms with Crippen molar-refractivity contribution in [1.29, 1.82) is 0 Å². The summed E-state index contributed by atoms with van der Waals surface area (Å²) >= 11 is 0. The monoisotopic (exact) mass is 466 g/mol. The second-order valence-electron chi connectivity index (χ2n) is 10.7. The van der Waals surface area contributed by atoms with Crippen molar-refractivity contribution in [3.8, 4) is 16.9 Å². The number of nitrogens with one attached hydrogen (secondary N) is 1. The molecule has 0 saturated carbocycles. The van der Waals surface area contributed by atoms with Gasteiger partial charge >= 0.3 is 6.09 Å². The molecule has 2 bridgehead atoms. The zero-order chi connectivity index (χ0) is 23.9. The highest BCUT2D eigenvalue weighted by atomic mass is 19.1. The van der Waals surface area contributed by atoms with Gasteiger partial charge in [-0.25, -0.2) is 9.18 Å². The maximum Gasteiger partial charge on any atom is 0.407 e. The Kier molecular flexibility index (Phi) is 6.28. The molecule has 1 aliphatic carbocycles. The number of nitrogens with zero attached hydrogens (tertiary/aromatic N) is 1. The molecule has 1 amide bonds. The van der Waals surface area contributed by atoms with Crippen LogP contribution in [-0.4, -0.2) is 43.3 Å². The summed E-state index contributed by atoms with van der Waals surface area (Å²) in [5, 5.41) is 3.08. The van der Waals surface area contributed by atoms with Crippen molar-refractivity contribution in [2.45, 2.75) is 58.6 Å². The molecular formula is C28H35FN2O3. The molecule has 2 aromatic rings. The third-order valence-electron chi connectivity index (χ3n) is 7.72. The number of hydrogen-bond acceptors (Lipinski definition) is 4. The quantitative estimate of drug-likeness (QED) is 0.591. The Bertz CT molecular complexity index is 1040. The Morgan fingerprint density at radius 2 is 1.91 bits per heavy atom. The first-order valence-corrected chi connectivity index (χ1v) is 12.6. The second kappa shape index (κ2) is 9.21. The van der Waals surface area contributed by atoms with Crippen LogP contribution in [-0.2, 0) is 11.2 Å². The van der Waals surface area contributed by atoms with E-state index in [-0.39, 0.29) is 23.4 Å². The summed E-state index contributed by atoms with van der Waals surface area (Å²) < 4.78 is 26.8. The number of hydrogen-bond donors (Lipinski definition) is 1. The zero-order valence-corrected chi connectivity index (χ0v) is 20.4. The number of carbonyl (C=O) groups excluding carboxylic acids is 1. The predicted octanol–water partition coefficient (Wildman–Crippen LogP) is 5.73. The molecule has 1 unspecified atom stereocenters. The summed E-state index contributed by atoms with van der Waals surface area (Å²) in [4.78, 5) is 15.2. The molecule has 2 atom stereocenters. The van der Waals surface area contributed by atoms with Crippen molar-refractivity contribution in [3.05, 3.63) is 53.3 Å². The standard InChI is InChI=1S/C28H35FN2O3/c1-4-13-33-21-7-5-18(6-8-21)22-14-20-16-28(2,3)26(23(20)15-24(22)29)30-27(32)34-25-17-31-11-9-19(25)10-12-31/h5-8,14-15,19,25-26H,4,9-13,16-17H2,1-3H3,(H,30,32)/t25-,26?/m1/s1. The van der Waals surface area contributed by atoms with Crippen LogP contribution in [0, 0.1) is 17.2 Å². The van der Waals surface area contributed by atoms with E-state index < -0.39 is 6.09 Å². The second-order valence-corrected chi connectivity index (χ2v) is 10.7. The number of benzene rings is 2. The average molecular weight is 467 g/mol. The SMILES string of the molecule is CCCOc1ccc(-c2cc3c(cc2F)C(NC(=O)O[C@@H]2CN4CCC2CC4)C(C)(C)C3)cc1. The van der Waals surface area contributed by atoms with Crippen molar-refractivity contribution in [2.24, 2.45) is 11.3 Å². The van der Waals surface area contributed by atoms with E-state index in [1.165, 1.54) is 0 Å². The van der Waals surface area contributed by atoms with Crippen LogP contribution in [0.1, 0.15) is 57.2 Å². The van der Waals surface area contributed by atoms with Crippen LogP contribution < -0.4 is 10.1 Å². The molecule has 6 rings (SSSR count). The number of carbonyl (C=O) groups is 1. The van der Waals surface area contributed by atoms with Crippen molar-refractivity contribution >= 4 is 6.09 Å². The van der Waals surface area contributed by atoms with Crippen LogP contribution in [0.3, 0.4) is 0 Å². The number of alkyl carbamates (subject to hydrolysis) is 1. The molecule has 3 fully saturated rings. The van der Waals surface area contributed by atoms with Crippen molar-refractivity contribution in [1.82, 2.24) is 10.2 Å². The fourth-order valence-electron chi connectivity index (χ4n) is 5.85. The van der Waals surface area contributed by atoms with Crippen LogP contribution in [0.25, 0.3) is 11.1 Å². The van der Waals surface area contributed by atoms with Crippen molar-refractivity contribution in [2.75, 3.05) is 26.2 Å². The number of amides is 1. The van der Waals surface area contributed by atoms with Crippen LogP contribution in [0.4, 0.5) is 9.18 Å². The molecule has 5 nitrogen and oxygen atoms in total. The maximum absolute atomic E-state index is 15.3. The molecule has 0 radical (unpaired) electrons. The normalized spacial score (nSPS) is 26.7. The summed E-state index contributed by atoms with van der Waals surface area (Å²) in [6.45, 7) is 9.99. The molecule has 4 aliphatic rings. The first kappa shape index (κ1) is 23.2. The minimum Gasteiger partial charge on any atom is -0.494 e. The van der Waals surface area contributed by atoms with E-state index in [4.69, 9.17) is 9.47 Å². The summed E-state index contributed by atoms with van der Waals surface area (Å²) in [6, 6.07) is 10.8. The summed E-state index contributed by atoms with van der Waals surface area (Å²) in [7, 11) is 0. The van der Waals surface area contributed by atoms with Crippen LogP contribution in [0.2, 0.25) is 0 Å². The number of rotatable bonds is 6. The van der Waals surface area contributed by atoms with Crippen LogP contribution in [0.5, 0.6) is 5.75 Å². The largest absolute Gasteiger partial charge is 0.494 e. The number of halogens is 1. The minimum atomic E-state index is -0.392. The lowest BCUT2D eigenvalue weighted by Crippen LogP contribution is -2.53. The van der Waals surface area contributed by atoms with Gasteiger partial charge in [0.25, 0.3) is 0 Å². The van der Waals surface area contributed by atoms with E-state index in [1.54, 1.807) is 6.07 Å². The average Bonchev–Trinajstić information content (AvgIpc) is 3.07. The minimum absolute atomic E-state index is 0.0464. The molecule has 34 heavy (non-hydrogen) atoms. The fraction of sp³-hybridized carbons (Fsp3) is 0.536. The first-order valence-electron chi connectivity index (χ1n) is 12.6. The molecule has 2 aromatic carbocycles. The van der Waals surface area contributed by atoms with E-state index in [0.29, 0.717) is 18.1 Å². The molecule has 3 aliphatic heterocycles. The summed E-state index contributed by atoms with van der Waals surface area (Å²) in [6.07, 6.45) is 3.45. The van der Waals surface area contributed by atoms with Crippen molar-refractivity contribution in [3.63, 3.8) is 0 Å². The van der Waals surface area contributed by atoms with Gasteiger partial charge in [0.1, 0.15) is 17.7 Å². The van der Waals surface area contributed by atoms with Gasteiger partial charge in [-0.2, -0.15) is 0 Å². The number of fused-ring (bicyclic) bond motifs is 4. The highest BCUT2D eigenvalue weighted by Gasteiger charge is 2.42. The lowest BCUT2D eigenvalue weighted by Gasteiger charge is -2.44. The van der Waals surface area contributed by atoms with E-state index >= 15 is 4.39 Å². The van der Waals surface area contributed by atoms with E-state index in [0.717, 1.165) is 67.8 Å². The molecular weight excluding hydrogens is 431 g/mol. The first-order chi connectivity index (χ1) is 16.3. The van der Waals surface area contributed by atoms with Gasteiger partial charge in [-0.15, -0.1) is 0 Å². The van der Waals surface area contributed by atoms with E-state index in [2.05, 4.69) is 31.0 Å². The zero-order valence-electron chi connectivity index (χ0n) is 20.4. The van der Waals surface area contributed by atoms with Crippen LogP contribution >= 0.6 is 0 Å². The third kappa shape index (κ3) is 4.52. The number of piperidine rings is 3. The Morgan fingerprint density at radius 3 is 2.56 bits per heavy atom. The highest BCUT2D eigenvalue weighted by molar-refractivity contribution is 5.70. The van der Waals surface area contributed by atoms with Gasteiger partial charge in [-0.1, -0.05) is 32.9 Å². The van der Waals surface area contributed by atoms with Gasteiger partial charge in [0, 0.05) is 12.1 Å². The molecule has 182 valence electrons. The Hall–Kier alpha value is -2.60. The van der Waals surface area contributed by atoms with Gasteiger partial charge < -0.3 is 14.8 Å². The van der Waals surface area contributed by atoms with Crippen LogP contribution in [0.15, 0.2) is 36.4 Å². The lowest BCUT2D eigenvalue weighted by molar-refractivity contribution is -0.0349. The Balaban J connectivity index is 1.32. The van der Waals surface area contributed by atoms with Gasteiger partial charge in [0.2, 0.25) is 0 Å². The molecule has 0 aromatic heterocycles. The van der Waals surface area contributed by atoms with E-state index in [1.807, 2.05) is 30.3 Å². The molecule has 3 heterocycles. The fourth-order valence-corrected chi connectivity index (χ4v) is 5.85. The van der Waals surface area contributed by atoms with Gasteiger partial charge in [-0.05, 0) is 91.1 Å². The molecule has 1 N–H and O–H groups in total. The van der Waals surface area contributed by atoms with Gasteiger partial charge in [0.15, 0.2) is 0 Å². The summed E-state index contributed by atoms with van der Waals surface area (Å²) in [5.74, 6) is 0.966. The lowest BCUT2D eigenvalue weighted by atomic mass is 9.85. The number of ether oxygens (including phenoxy) is 2. The molecule has 3 saturated heterocycles. The third-order valence-corrected chi connectivity index (χ3v) is 7.72. The predicted molar refractivity (Wildman–Crippen MR) is 130 cm³/mol. The van der Waals surface area contributed by atoms with E-state index in [9.17, 15) is 4.79 Å². The molecule has 6 heteroatoms. The topological polar surface area (TPSA) is 50.8 Å². The van der Waals surface area contributed by atoms with Gasteiger partial charge in [-0.3, -0.25) is 4.90 Å².